The number of anilines is 1. The first kappa shape index (κ1) is 26.7. The van der Waals surface area contributed by atoms with Crippen LogP contribution in [0.25, 0.3) is 0 Å². The third-order valence-electron chi connectivity index (χ3n) is 5.10. The number of aromatic nitrogens is 3. The third kappa shape index (κ3) is 7.05. The molecule has 1 aromatic heterocycles. The fourth-order valence-corrected chi connectivity index (χ4v) is 4.10. The Kier molecular flexibility index (Phi) is 9.40. The Morgan fingerprint density at radius 1 is 1.14 bits per heavy atom. The van der Waals surface area contributed by atoms with E-state index in [-0.39, 0.29) is 24.2 Å². The minimum Gasteiger partial charge on any atom is -0.462 e. The summed E-state index contributed by atoms with van der Waals surface area (Å²) in [6.45, 7) is 10.00. The minimum absolute atomic E-state index is 0.0724. The maximum atomic E-state index is 12.6. The highest BCUT2D eigenvalue weighted by Gasteiger charge is 2.20. The van der Waals surface area contributed by atoms with Gasteiger partial charge in [0, 0.05) is 17.8 Å². The van der Waals surface area contributed by atoms with E-state index in [0.717, 1.165) is 5.56 Å². The maximum Gasteiger partial charge on any atom is 0.338 e. The van der Waals surface area contributed by atoms with Crippen LogP contribution in [0.1, 0.15) is 52.0 Å². The van der Waals surface area contributed by atoms with Crippen LogP contribution >= 0.6 is 11.8 Å². The standard InChI is InChI=1S/C26H29N5O4S/c1-5-14-31-23(18(4)27-24(33)19-12-10-17(3)11-13-19)29-30-26(31)36-16-22(32)28-21-9-7-8-20(15-21)25(34)35-6-2/h5,7-13,15,18H,1,6,14,16H2,2-4H3,(H,27,33)(H,28,32)/t18-/m0/s1. The number of carbonyl (C=O) groups is 3. The van der Waals surface area contributed by atoms with Gasteiger partial charge in [-0.1, -0.05) is 41.6 Å². The lowest BCUT2D eigenvalue weighted by molar-refractivity contribution is -0.113. The number of allylic oxidation sites excluding steroid dienone is 1. The molecule has 0 aliphatic rings. The second-order valence-electron chi connectivity index (χ2n) is 7.94. The molecule has 36 heavy (non-hydrogen) atoms. The van der Waals surface area contributed by atoms with Gasteiger partial charge in [0.1, 0.15) is 0 Å². The number of benzene rings is 2. The Hall–Kier alpha value is -3.92. The minimum atomic E-state index is -0.448. The molecule has 2 N–H and O–H groups in total. The Bertz CT molecular complexity index is 1240. The van der Waals surface area contributed by atoms with E-state index in [0.29, 0.717) is 34.3 Å². The molecule has 0 radical (unpaired) electrons. The molecule has 3 aromatic rings. The first-order valence-corrected chi connectivity index (χ1v) is 12.4. The largest absolute Gasteiger partial charge is 0.462 e. The number of esters is 1. The molecule has 2 amide bonds. The van der Waals surface area contributed by atoms with E-state index in [4.69, 9.17) is 4.74 Å². The number of hydrogen-bond donors (Lipinski definition) is 2. The summed E-state index contributed by atoms with van der Waals surface area (Å²) in [6.07, 6.45) is 1.70. The number of nitrogens with one attached hydrogen (secondary N) is 2. The molecule has 9 nitrogen and oxygen atoms in total. The summed E-state index contributed by atoms with van der Waals surface area (Å²) < 4.78 is 6.81. The van der Waals surface area contributed by atoms with Gasteiger partial charge in [-0.25, -0.2) is 4.79 Å². The summed E-state index contributed by atoms with van der Waals surface area (Å²) in [5, 5.41) is 14.7. The van der Waals surface area contributed by atoms with E-state index in [1.807, 2.05) is 30.5 Å². The normalized spacial score (nSPS) is 11.4. The fraction of sp³-hybridized carbons (Fsp3) is 0.269. The van der Waals surface area contributed by atoms with Gasteiger partial charge in [0.15, 0.2) is 11.0 Å². The average Bonchev–Trinajstić information content (AvgIpc) is 3.26. The van der Waals surface area contributed by atoms with Crippen LogP contribution in [0.4, 0.5) is 5.69 Å². The Morgan fingerprint density at radius 3 is 2.58 bits per heavy atom. The van der Waals surface area contributed by atoms with Gasteiger partial charge in [-0.05, 0) is 51.1 Å². The van der Waals surface area contributed by atoms with Crippen LogP contribution in [-0.2, 0) is 16.1 Å². The number of thioether (sulfide) groups is 1. The van der Waals surface area contributed by atoms with Crippen LogP contribution in [0.2, 0.25) is 0 Å². The number of amides is 2. The number of ether oxygens (including phenoxy) is 1. The van der Waals surface area contributed by atoms with E-state index in [1.54, 1.807) is 49.4 Å². The number of nitrogens with zero attached hydrogens (tertiary/aromatic N) is 3. The van der Waals surface area contributed by atoms with Gasteiger partial charge < -0.3 is 19.9 Å². The van der Waals surface area contributed by atoms with Crippen LogP contribution in [0, 0.1) is 6.92 Å². The summed E-state index contributed by atoms with van der Waals surface area (Å²) in [7, 11) is 0. The predicted octanol–water partition coefficient (Wildman–Crippen LogP) is 4.17. The number of carbonyl (C=O) groups excluding carboxylic acids is 3. The molecule has 0 bridgehead atoms. The molecule has 0 saturated carbocycles. The molecule has 1 atom stereocenters. The van der Waals surface area contributed by atoms with E-state index in [2.05, 4.69) is 27.4 Å². The SMILES string of the molecule is C=CCn1c(SCC(=O)Nc2cccc(C(=O)OCC)c2)nnc1[C@H](C)NC(=O)c1ccc(C)cc1. The fourth-order valence-electron chi connectivity index (χ4n) is 3.34. The van der Waals surface area contributed by atoms with Crippen molar-refractivity contribution in [3.8, 4) is 0 Å². The molecular weight excluding hydrogens is 478 g/mol. The van der Waals surface area contributed by atoms with Gasteiger partial charge in [0.05, 0.1) is 24.0 Å². The van der Waals surface area contributed by atoms with Gasteiger partial charge in [-0.3, -0.25) is 9.59 Å². The van der Waals surface area contributed by atoms with Crippen molar-refractivity contribution in [1.29, 1.82) is 0 Å². The Labute approximate surface area is 214 Å². The van der Waals surface area contributed by atoms with E-state index in [9.17, 15) is 14.4 Å². The van der Waals surface area contributed by atoms with Gasteiger partial charge in [0.2, 0.25) is 5.91 Å². The number of rotatable bonds is 11. The second-order valence-corrected chi connectivity index (χ2v) is 8.88. The molecule has 188 valence electrons. The van der Waals surface area contributed by atoms with Crippen LogP contribution < -0.4 is 10.6 Å². The van der Waals surface area contributed by atoms with Crippen molar-refractivity contribution in [2.75, 3.05) is 17.7 Å². The molecule has 0 aliphatic carbocycles. The first-order valence-electron chi connectivity index (χ1n) is 11.4. The molecule has 3 rings (SSSR count). The van der Waals surface area contributed by atoms with Gasteiger partial charge in [0.25, 0.3) is 5.91 Å². The molecule has 0 fully saturated rings. The van der Waals surface area contributed by atoms with Crippen LogP contribution in [0.3, 0.4) is 0 Å². The first-order chi connectivity index (χ1) is 17.3. The highest BCUT2D eigenvalue weighted by molar-refractivity contribution is 7.99. The zero-order valence-corrected chi connectivity index (χ0v) is 21.3. The molecule has 0 saturated heterocycles. The van der Waals surface area contributed by atoms with Crippen molar-refractivity contribution >= 4 is 35.2 Å². The van der Waals surface area contributed by atoms with Gasteiger partial charge in [-0.15, -0.1) is 16.8 Å². The van der Waals surface area contributed by atoms with Crippen molar-refractivity contribution in [2.45, 2.75) is 38.5 Å². The number of hydrogen-bond acceptors (Lipinski definition) is 7. The van der Waals surface area contributed by atoms with Crippen molar-refractivity contribution < 1.29 is 19.1 Å². The van der Waals surface area contributed by atoms with E-state index >= 15 is 0 Å². The molecule has 0 unspecified atom stereocenters. The molecule has 0 aliphatic heterocycles. The monoisotopic (exact) mass is 507 g/mol. The zero-order chi connectivity index (χ0) is 26.1. The average molecular weight is 508 g/mol. The number of aryl methyl sites for hydroxylation is 1. The lowest BCUT2D eigenvalue weighted by Crippen LogP contribution is -2.28. The van der Waals surface area contributed by atoms with Gasteiger partial charge in [-0.2, -0.15) is 0 Å². The highest BCUT2D eigenvalue weighted by atomic mass is 32.2. The van der Waals surface area contributed by atoms with Crippen LogP contribution in [0.5, 0.6) is 0 Å². The van der Waals surface area contributed by atoms with E-state index in [1.165, 1.54) is 11.8 Å². The summed E-state index contributed by atoms with van der Waals surface area (Å²) in [4.78, 5) is 37.1. The quantitative estimate of drug-likeness (QED) is 0.227. The summed E-state index contributed by atoms with van der Waals surface area (Å²) >= 11 is 1.21. The predicted molar refractivity (Wildman–Crippen MR) is 139 cm³/mol. The molecule has 10 heteroatoms. The van der Waals surface area contributed by atoms with Crippen LogP contribution in [-0.4, -0.2) is 44.9 Å². The van der Waals surface area contributed by atoms with Crippen molar-refractivity contribution in [3.63, 3.8) is 0 Å². The lowest BCUT2D eigenvalue weighted by atomic mass is 10.1. The highest BCUT2D eigenvalue weighted by Crippen LogP contribution is 2.22. The molecule has 2 aromatic carbocycles. The molecule has 0 spiro atoms. The molecular formula is C26H29N5O4S. The summed E-state index contributed by atoms with van der Waals surface area (Å²) in [5.41, 5.74) is 2.48. The summed E-state index contributed by atoms with van der Waals surface area (Å²) in [5.74, 6) is -0.300. The topological polar surface area (TPSA) is 115 Å². The lowest BCUT2D eigenvalue weighted by Gasteiger charge is -2.15. The van der Waals surface area contributed by atoms with Gasteiger partial charge >= 0.3 is 5.97 Å². The van der Waals surface area contributed by atoms with Crippen LogP contribution in [0.15, 0.2) is 66.3 Å². The molecule has 1 heterocycles. The smallest absolute Gasteiger partial charge is 0.338 e. The van der Waals surface area contributed by atoms with Crippen molar-refractivity contribution in [1.82, 2.24) is 20.1 Å². The Balaban J connectivity index is 1.64. The maximum absolute atomic E-state index is 12.6. The summed E-state index contributed by atoms with van der Waals surface area (Å²) in [6, 6.07) is 13.5. The third-order valence-corrected chi connectivity index (χ3v) is 6.06. The van der Waals surface area contributed by atoms with Crippen molar-refractivity contribution in [2.24, 2.45) is 0 Å². The van der Waals surface area contributed by atoms with Crippen molar-refractivity contribution in [3.05, 3.63) is 83.7 Å². The van der Waals surface area contributed by atoms with E-state index < -0.39 is 12.0 Å². The second kappa shape index (κ2) is 12.7. The zero-order valence-electron chi connectivity index (χ0n) is 20.5. The Morgan fingerprint density at radius 2 is 1.89 bits per heavy atom.